The Morgan fingerprint density at radius 1 is 1.55 bits per heavy atom. The minimum atomic E-state index is -1.13. The van der Waals surface area contributed by atoms with Crippen LogP contribution >= 0.6 is 0 Å². The third-order valence-corrected chi connectivity index (χ3v) is 1.98. The SMILES string of the molecule is CCCC(C=O)(CC)C(=O)O. The zero-order chi connectivity index (χ0) is 8.91. The molecule has 3 heteroatoms. The van der Waals surface area contributed by atoms with Gasteiger partial charge >= 0.3 is 5.97 Å². The number of carbonyl (C=O) groups excluding carboxylic acids is 1. The normalized spacial score (nSPS) is 15.5. The first-order valence-corrected chi connectivity index (χ1v) is 3.82. The maximum atomic E-state index is 10.6. The minimum Gasteiger partial charge on any atom is -0.481 e. The van der Waals surface area contributed by atoms with Crippen molar-refractivity contribution in [2.45, 2.75) is 33.1 Å². The van der Waals surface area contributed by atoms with E-state index in [-0.39, 0.29) is 0 Å². The van der Waals surface area contributed by atoms with Gasteiger partial charge in [0.15, 0.2) is 0 Å². The summed E-state index contributed by atoms with van der Waals surface area (Å²) in [4.78, 5) is 21.2. The lowest BCUT2D eigenvalue weighted by Gasteiger charge is -2.19. The molecule has 0 aromatic heterocycles. The number of carbonyl (C=O) groups is 2. The van der Waals surface area contributed by atoms with Gasteiger partial charge in [-0.3, -0.25) is 4.79 Å². The van der Waals surface area contributed by atoms with E-state index in [0.29, 0.717) is 19.1 Å². The lowest BCUT2D eigenvalue weighted by molar-refractivity contribution is -0.151. The van der Waals surface area contributed by atoms with Gasteiger partial charge in [0.2, 0.25) is 0 Å². The van der Waals surface area contributed by atoms with Crippen LogP contribution in [0.15, 0.2) is 0 Å². The Bertz CT molecular complexity index is 153. The molecular weight excluding hydrogens is 144 g/mol. The second-order valence-electron chi connectivity index (χ2n) is 2.68. The third-order valence-electron chi connectivity index (χ3n) is 1.98. The van der Waals surface area contributed by atoms with E-state index in [1.54, 1.807) is 6.92 Å². The fourth-order valence-electron chi connectivity index (χ4n) is 1.07. The van der Waals surface area contributed by atoms with Gasteiger partial charge in [0.05, 0.1) is 0 Å². The predicted molar refractivity (Wildman–Crippen MR) is 41.3 cm³/mol. The van der Waals surface area contributed by atoms with Crippen LogP contribution in [0.3, 0.4) is 0 Å². The number of aldehydes is 1. The summed E-state index contributed by atoms with van der Waals surface area (Å²) in [6.07, 6.45) is 2.08. The topological polar surface area (TPSA) is 54.4 Å². The fraction of sp³-hybridized carbons (Fsp3) is 0.750. The molecule has 3 nitrogen and oxygen atoms in total. The van der Waals surface area contributed by atoms with Crippen LogP contribution in [0.5, 0.6) is 0 Å². The van der Waals surface area contributed by atoms with Crippen molar-refractivity contribution >= 4 is 12.3 Å². The maximum absolute atomic E-state index is 10.6. The van der Waals surface area contributed by atoms with Crippen molar-refractivity contribution in [3.63, 3.8) is 0 Å². The summed E-state index contributed by atoms with van der Waals surface area (Å²) < 4.78 is 0. The van der Waals surface area contributed by atoms with Gasteiger partial charge in [-0.1, -0.05) is 20.3 Å². The molecule has 0 aliphatic carbocycles. The van der Waals surface area contributed by atoms with Crippen LogP contribution in [-0.2, 0) is 9.59 Å². The van der Waals surface area contributed by atoms with E-state index in [9.17, 15) is 9.59 Å². The number of carboxylic acids is 1. The van der Waals surface area contributed by atoms with Gasteiger partial charge in [0.1, 0.15) is 11.7 Å². The molecule has 0 aromatic rings. The van der Waals surface area contributed by atoms with Crippen molar-refractivity contribution in [1.29, 1.82) is 0 Å². The lowest BCUT2D eigenvalue weighted by atomic mass is 9.82. The highest BCUT2D eigenvalue weighted by atomic mass is 16.4. The average molecular weight is 158 g/mol. The molecular formula is C8H14O3. The highest BCUT2D eigenvalue weighted by molar-refractivity contribution is 5.91. The molecule has 0 saturated heterocycles. The van der Waals surface area contributed by atoms with Crippen LogP contribution in [-0.4, -0.2) is 17.4 Å². The van der Waals surface area contributed by atoms with Crippen LogP contribution in [0.25, 0.3) is 0 Å². The monoisotopic (exact) mass is 158 g/mol. The van der Waals surface area contributed by atoms with Crippen LogP contribution < -0.4 is 0 Å². The van der Waals surface area contributed by atoms with E-state index in [1.807, 2.05) is 6.92 Å². The van der Waals surface area contributed by atoms with Gasteiger partial charge in [-0.2, -0.15) is 0 Å². The second kappa shape index (κ2) is 4.11. The second-order valence-corrected chi connectivity index (χ2v) is 2.68. The number of rotatable bonds is 5. The Morgan fingerprint density at radius 2 is 2.09 bits per heavy atom. The Balaban J connectivity index is 4.45. The van der Waals surface area contributed by atoms with Gasteiger partial charge < -0.3 is 9.90 Å². The first-order valence-electron chi connectivity index (χ1n) is 3.82. The molecule has 0 heterocycles. The Hall–Kier alpha value is -0.860. The smallest absolute Gasteiger partial charge is 0.316 e. The van der Waals surface area contributed by atoms with E-state index in [0.717, 1.165) is 6.42 Å². The molecule has 64 valence electrons. The number of hydrogen-bond acceptors (Lipinski definition) is 2. The average Bonchev–Trinajstić information content (AvgIpc) is 2.00. The largest absolute Gasteiger partial charge is 0.481 e. The molecule has 1 unspecified atom stereocenters. The Kier molecular flexibility index (Phi) is 3.79. The summed E-state index contributed by atoms with van der Waals surface area (Å²) in [5, 5.41) is 8.72. The predicted octanol–water partition coefficient (Wildman–Crippen LogP) is 1.47. The molecule has 0 aliphatic rings. The third kappa shape index (κ3) is 2.03. The van der Waals surface area contributed by atoms with E-state index < -0.39 is 11.4 Å². The van der Waals surface area contributed by atoms with Crippen molar-refractivity contribution in [3.05, 3.63) is 0 Å². The Labute approximate surface area is 66.4 Å². The van der Waals surface area contributed by atoms with E-state index in [2.05, 4.69) is 0 Å². The number of carboxylic acid groups (broad SMARTS) is 1. The van der Waals surface area contributed by atoms with Gasteiger partial charge in [-0.25, -0.2) is 0 Å². The molecule has 0 radical (unpaired) electrons. The number of hydrogen-bond donors (Lipinski definition) is 1. The highest BCUT2D eigenvalue weighted by Crippen LogP contribution is 2.25. The highest BCUT2D eigenvalue weighted by Gasteiger charge is 2.35. The summed E-state index contributed by atoms with van der Waals surface area (Å²) in [7, 11) is 0. The van der Waals surface area contributed by atoms with E-state index >= 15 is 0 Å². The fourth-order valence-corrected chi connectivity index (χ4v) is 1.07. The molecule has 0 rings (SSSR count). The van der Waals surface area contributed by atoms with Gasteiger partial charge in [0, 0.05) is 0 Å². The number of aliphatic carboxylic acids is 1. The molecule has 0 aromatic carbocycles. The van der Waals surface area contributed by atoms with Crippen LogP contribution in [0, 0.1) is 5.41 Å². The van der Waals surface area contributed by atoms with Crippen molar-refractivity contribution in [2.24, 2.45) is 5.41 Å². The van der Waals surface area contributed by atoms with Crippen molar-refractivity contribution in [1.82, 2.24) is 0 Å². The zero-order valence-corrected chi connectivity index (χ0v) is 6.96. The molecule has 0 fully saturated rings. The summed E-state index contributed by atoms with van der Waals surface area (Å²) in [6, 6.07) is 0. The summed E-state index contributed by atoms with van der Waals surface area (Å²) in [5.74, 6) is -1.00. The lowest BCUT2D eigenvalue weighted by Crippen LogP contribution is -2.31. The van der Waals surface area contributed by atoms with E-state index in [1.165, 1.54) is 0 Å². The molecule has 1 atom stereocenters. The molecule has 0 amide bonds. The first kappa shape index (κ1) is 10.1. The molecule has 0 aliphatic heterocycles. The molecule has 0 saturated carbocycles. The maximum Gasteiger partial charge on any atom is 0.316 e. The van der Waals surface area contributed by atoms with E-state index in [4.69, 9.17) is 5.11 Å². The van der Waals surface area contributed by atoms with Crippen LogP contribution in [0.1, 0.15) is 33.1 Å². The van der Waals surface area contributed by atoms with Crippen LogP contribution in [0.2, 0.25) is 0 Å². The molecule has 11 heavy (non-hydrogen) atoms. The Morgan fingerprint density at radius 3 is 2.18 bits per heavy atom. The molecule has 0 spiro atoms. The standard InChI is InChI=1S/C8H14O3/c1-3-5-8(4-2,6-9)7(10)11/h6H,3-5H2,1-2H3,(H,10,11). The summed E-state index contributed by atoms with van der Waals surface area (Å²) in [5.41, 5.74) is -1.13. The first-order chi connectivity index (χ1) is 5.13. The quantitative estimate of drug-likeness (QED) is 0.487. The van der Waals surface area contributed by atoms with Crippen molar-refractivity contribution < 1.29 is 14.7 Å². The van der Waals surface area contributed by atoms with Crippen LogP contribution in [0.4, 0.5) is 0 Å². The van der Waals surface area contributed by atoms with Gasteiger partial charge in [-0.15, -0.1) is 0 Å². The summed E-state index contributed by atoms with van der Waals surface area (Å²) in [6.45, 7) is 3.59. The zero-order valence-electron chi connectivity index (χ0n) is 6.96. The molecule has 0 bridgehead atoms. The van der Waals surface area contributed by atoms with Crippen molar-refractivity contribution in [2.75, 3.05) is 0 Å². The van der Waals surface area contributed by atoms with Crippen molar-refractivity contribution in [3.8, 4) is 0 Å². The van der Waals surface area contributed by atoms with Gasteiger partial charge in [-0.05, 0) is 12.8 Å². The van der Waals surface area contributed by atoms with Gasteiger partial charge in [0.25, 0.3) is 0 Å². The molecule has 1 N–H and O–H groups in total. The summed E-state index contributed by atoms with van der Waals surface area (Å²) >= 11 is 0. The minimum absolute atomic E-state index is 0.375.